The molecule has 0 atom stereocenters. The van der Waals surface area contributed by atoms with Crippen molar-refractivity contribution in [1.82, 2.24) is 9.80 Å². The van der Waals surface area contributed by atoms with Crippen LogP contribution in [0, 0.1) is 6.92 Å². The Labute approximate surface area is 184 Å². The van der Waals surface area contributed by atoms with E-state index in [-0.39, 0.29) is 10.8 Å². The van der Waals surface area contributed by atoms with Gasteiger partial charge in [0.15, 0.2) is 0 Å². The average molecular weight is 443 g/mol. The largest absolute Gasteiger partial charge is 0.369 e. The molecular weight excluding hydrogens is 412 g/mol. The van der Waals surface area contributed by atoms with Gasteiger partial charge in [-0.1, -0.05) is 29.8 Å². The maximum atomic E-state index is 13.0. The quantitative estimate of drug-likeness (QED) is 0.708. The summed E-state index contributed by atoms with van der Waals surface area (Å²) in [7, 11) is -3.68. The van der Waals surface area contributed by atoms with Crippen LogP contribution < -0.4 is 10.0 Å². The Hall–Kier alpha value is -2.42. The van der Waals surface area contributed by atoms with E-state index in [1.165, 1.54) is 11.1 Å². The van der Waals surface area contributed by atoms with Gasteiger partial charge >= 0.3 is 0 Å². The van der Waals surface area contributed by atoms with Crippen molar-refractivity contribution in [2.75, 3.05) is 37.6 Å². The zero-order valence-corrected chi connectivity index (χ0v) is 18.7. The SMILES string of the molecule is Cc1ccc(CN(C(=O)CN2CCN(c3ccc(S(N)(=O)=O)cc3)CC2)C2CC2)cc1. The molecule has 2 N–H and O–H groups in total. The molecule has 7 nitrogen and oxygen atoms in total. The summed E-state index contributed by atoms with van der Waals surface area (Å²) in [5.41, 5.74) is 3.38. The number of piperazine rings is 1. The maximum absolute atomic E-state index is 13.0. The van der Waals surface area contributed by atoms with Gasteiger partial charge in [0.25, 0.3) is 0 Å². The topological polar surface area (TPSA) is 86.9 Å². The van der Waals surface area contributed by atoms with E-state index < -0.39 is 10.0 Å². The van der Waals surface area contributed by atoms with Gasteiger partial charge in [-0.25, -0.2) is 13.6 Å². The fraction of sp³-hybridized carbons (Fsp3) is 0.435. The number of nitrogens with two attached hydrogens (primary N) is 1. The molecule has 1 heterocycles. The molecule has 1 saturated carbocycles. The first-order valence-electron chi connectivity index (χ1n) is 10.7. The Morgan fingerprint density at radius 1 is 1.00 bits per heavy atom. The summed E-state index contributed by atoms with van der Waals surface area (Å²) in [6.07, 6.45) is 2.19. The van der Waals surface area contributed by atoms with Crippen molar-refractivity contribution in [3.05, 3.63) is 59.7 Å². The summed E-state index contributed by atoms with van der Waals surface area (Å²) >= 11 is 0. The van der Waals surface area contributed by atoms with Crippen LogP contribution >= 0.6 is 0 Å². The Morgan fingerprint density at radius 2 is 1.61 bits per heavy atom. The Morgan fingerprint density at radius 3 is 2.16 bits per heavy atom. The van der Waals surface area contributed by atoms with E-state index in [1.807, 2.05) is 4.90 Å². The second-order valence-corrected chi connectivity index (χ2v) is 10.1. The molecule has 8 heteroatoms. The molecule has 0 aromatic heterocycles. The van der Waals surface area contributed by atoms with Gasteiger partial charge in [0, 0.05) is 44.5 Å². The van der Waals surface area contributed by atoms with E-state index in [0.29, 0.717) is 19.1 Å². The molecule has 2 aromatic carbocycles. The average Bonchev–Trinajstić information content (AvgIpc) is 3.58. The molecule has 1 saturated heterocycles. The molecule has 1 aliphatic carbocycles. The van der Waals surface area contributed by atoms with Crippen molar-refractivity contribution in [2.45, 2.75) is 37.2 Å². The third-order valence-corrected chi connectivity index (χ3v) is 6.97. The second kappa shape index (κ2) is 8.98. The number of nitrogens with zero attached hydrogens (tertiary/aromatic N) is 3. The van der Waals surface area contributed by atoms with Crippen molar-refractivity contribution in [3.8, 4) is 0 Å². The number of carbonyl (C=O) groups excluding carboxylic acids is 1. The lowest BCUT2D eigenvalue weighted by Crippen LogP contribution is -2.50. The number of carbonyl (C=O) groups is 1. The zero-order chi connectivity index (χ0) is 22.0. The number of sulfonamides is 1. The number of aryl methyl sites for hydroxylation is 1. The van der Waals surface area contributed by atoms with Crippen LogP contribution in [-0.4, -0.2) is 62.9 Å². The molecule has 0 bridgehead atoms. The number of rotatable bonds is 7. The van der Waals surface area contributed by atoms with Gasteiger partial charge in [-0.3, -0.25) is 9.69 Å². The fourth-order valence-corrected chi connectivity index (χ4v) is 4.51. The molecule has 2 fully saturated rings. The van der Waals surface area contributed by atoms with Crippen LogP contribution in [0.5, 0.6) is 0 Å². The number of primary sulfonamides is 1. The van der Waals surface area contributed by atoms with E-state index >= 15 is 0 Å². The number of hydrogen-bond acceptors (Lipinski definition) is 5. The third kappa shape index (κ3) is 5.64. The van der Waals surface area contributed by atoms with Crippen LogP contribution in [0.3, 0.4) is 0 Å². The third-order valence-electron chi connectivity index (χ3n) is 6.04. The predicted octanol–water partition coefficient (Wildman–Crippen LogP) is 1.96. The highest BCUT2D eigenvalue weighted by atomic mass is 32.2. The summed E-state index contributed by atoms with van der Waals surface area (Å²) in [6.45, 7) is 6.38. The van der Waals surface area contributed by atoms with Crippen LogP contribution in [0.1, 0.15) is 24.0 Å². The number of hydrogen-bond donors (Lipinski definition) is 1. The van der Waals surface area contributed by atoms with Gasteiger partial charge in [-0.2, -0.15) is 0 Å². The van der Waals surface area contributed by atoms with Crippen molar-refractivity contribution in [1.29, 1.82) is 0 Å². The van der Waals surface area contributed by atoms with Crippen LogP contribution in [-0.2, 0) is 21.4 Å². The first-order chi connectivity index (χ1) is 14.8. The molecule has 1 amide bonds. The van der Waals surface area contributed by atoms with Crippen LogP contribution in [0.2, 0.25) is 0 Å². The summed E-state index contributed by atoms with van der Waals surface area (Å²) in [4.78, 5) is 19.6. The van der Waals surface area contributed by atoms with Crippen molar-refractivity contribution >= 4 is 21.6 Å². The van der Waals surface area contributed by atoms with Gasteiger partial charge in [0.1, 0.15) is 0 Å². The van der Waals surface area contributed by atoms with E-state index in [0.717, 1.165) is 44.7 Å². The Bertz CT molecular complexity index is 1010. The molecule has 0 spiro atoms. The lowest BCUT2D eigenvalue weighted by molar-refractivity contribution is -0.133. The molecule has 4 rings (SSSR count). The van der Waals surface area contributed by atoms with Crippen molar-refractivity contribution < 1.29 is 13.2 Å². The molecule has 2 aromatic rings. The molecule has 0 unspecified atom stereocenters. The van der Waals surface area contributed by atoms with Crippen LogP contribution in [0.4, 0.5) is 5.69 Å². The molecule has 31 heavy (non-hydrogen) atoms. The molecule has 166 valence electrons. The van der Waals surface area contributed by atoms with Gasteiger partial charge in [0.05, 0.1) is 11.4 Å². The normalized spacial score (nSPS) is 17.5. The van der Waals surface area contributed by atoms with E-state index in [9.17, 15) is 13.2 Å². The number of anilines is 1. The van der Waals surface area contributed by atoms with Gasteiger partial charge in [-0.15, -0.1) is 0 Å². The summed E-state index contributed by atoms with van der Waals surface area (Å²) in [6, 6.07) is 15.5. The standard InChI is InChI=1S/C23H30N4O3S/c1-18-2-4-19(5-3-18)16-27(21-6-7-21)23(28)17-25-12-14-26(15-13-25)20-8-10-22(11-9-20)31(24,29)30/h2-5,8-11,21H,6-7,12-17H2,1H3,(H2,24,29,30). The van der Waals surface area contributed by atoms with E-state index in [1.54, 1.807) is 24.3 Å². The first kappa shape index (κ1) is 21.8. The highest BCUT2D eigenvalue weighted by Crippen LogP contribution is 2.29. The lowest BCUT2D eigenvalue weighted by atomic mass is 10.1. The maximum Gasteiger partial charge on any atom is 0.238 e. The van der Waals surface area contributed by atoms with Gasteiger partial charge < -0.3 is 9.80 Å². The minimum Gasteiger partial charge on any atom is -0.369 e. The highest BCUT2D eigenvalue weighted by molar-refractivity contribution is 7.89. The van der Waals surface area contributed by atoms with Gasteiger partial charge in [-0.05, 0) is 49.6 Å². The van der Waals surface area contributed by atoms with Gasteiger partial charge in [0.2, 0.25) is 15.9 Å². The molecule has 2 aliphatic rings. The fourth-order valence-electron chi connectivity index (χ4n) is 3.99. The minimum absolute atomic E-state index is 0.120. The van der Waals surface area contributed by atoms with Crippen molar-refractivity contribution in [2.24, 2.45) is 5.14 Å². The predicted molar refractivity (Wildman–Crippen MR) is 121 cm³/mol. The smallest absolute Gasteiger partial charge is 0.238 e. The van der Waals surface area contributed by atoms with Crippen molar-refractivity contribution in [3.63, 3.8) is 0 Å². The number of amides is 1. The Balaban J connectivity index is 1.31. The Kier molecular flexibility index (Phi) is 6.31. The summed E-state index contributed by atoms with van der Waals surface area (Å²) < 4.78 is 22.9. The second-order valence-electron chi connectivity index (χ2n) is 8.54. The lowest BCUT2D eigenvalue weighted by Gasteiger charge is -2.36. The van der Waals surface area contributed by atoms with Crippen LogP contribution in [0.25, 0.3) is 0 Å². The zero-order valence-electron chi connectivity index (χ0n) is 17.9. The molecule has 1 aliphatic heterocycles. The van der Waals surface area contributed by atoms with Crippen LogP contribution in [0.15, 0.2) is 53.4 Å². The number of benzene rings is 2. The minimum atomic E-state index is -3.68. The highest BCUT2D eigenvalue weighted by Gasteiger charge is 2.33. The monoisotopic (exact) mass is 442 g/mol. The van der Waals surface area contributed by atoms with E-state index in [2.05, 4.69) is 41.0 Å². The molecule has 0 radical (unpaired) electrons. The van der Waals surface area contributed by atoms with E-state index in [4.69, 9.17) is 5.14 Å². The molecular formula is C23H30N4O3S. The summed E-state index contributed by atoms with van der Waals surface area (Å²) in [5.74, 6) is 0.203. The summed E-state index contributed by atoms with van der Waals surface area (Å²) in [5, 5.41) is 5.17. The first-order valence-corrected chi connectivity index (χ1v) is 12.3.